The monoisotopic (exact) mass is 388 g/mol. The van der Waals surface area contributed by atoms with Crippen LogP contribution in [0.4, 0.5) is 0 Å². The van der Waals surface area contributed by atoms with E-state index >= 15 is 0 Å². The van der Waals surface area contributed by atoms with E-state index in [2.05, 4.69) is 15.9 Å². The molecule has 0 amide bonds. The number of aromatic carboxylic acids is 1. The first kappa shape index (κ1) is 18.6. The summed E-state index contributed by atoms with van der Waals surface area (Å²) in [6, 6.07) is 4.53. The summed E-state index contributed by atoms with van der Waals surface area (Å²) in [5.41, 5.74) is 0.386. The van der Waals surface area contributed by atoms with Gasteiger partial charge in [-0.3, -0.25) is 0 Å². The molecule has 1 aromatic carbocycles. The van der Waals surface area contributed by atoms with Crippen molar-refractivity contribution in [2.24, 2.45) is 5.92 Å². The van der Waals surface area contributed by atoms with Gasteiger partial charge >= 0.3 is 5.97 Å². The molecule has 6 nitrogen and oxygen atoms in total. The molecule has 0 aliphatic rings. The topological polar surface area (TPSA) is 98.5 Å². The predicted octanol–water partition coefficient (Wildman–Crippen LogP) is 2.63. The molecule has 0 heterocycles. The number of rotatable bonds is 6. The Labute approximate surface area is 138 Å². The first-order valence-electron chi connectivity index (χ1n) is 6.58. The van der Waals surface area contributed by atoms with Crippen LogP contribution in [0.5, 0.6) is 0 Å². The average Bonchev–Trinajstić information content (AvgIpc) is 2.46. The van der Waals surface area contributed by atoms with Crippen molar-refractivity contribution in [1.29, 1.82) is 5.26 Å². The lowest BCUT2D eigenvalue weighted by Crippen LogP contribution is -2.34. The van der Waals surface area contributed by atoms with Crippen LogP contribution in [0.1, 0.15) is 29.8 Å². The van der Waals surface area contributed by atoms with Crippen LogP contribution in [-0.2, 0) is 10.0 Å². The SMILES string of the molecule is CCN(CC(C)C#N)S(=O)(=O)c1cc(Br)c(C)c(C(=O)O)c1. The molecule has 0 radical (unpaired) electrons. The van der Waals surface area contributed by atoms with E-state index in [-0.39, 0.29) is 23.5 Å². The molecule has 0 aliphatic heterocycles. The summed E-state index contributed by atoms with van der Waals surface area (Å²) in [7, 11) is -3.86. The van der Waals surface area contributed by atoms with Crippen molar-refractivity contribution in [3.63, 3.8) is 0 Å². The minimum atomic E-state index is -3.86. The van der Waals surface area contributed by atoms with Crippen molar-refractivity contribution in [2.75, 3.05) is 13.1 Å². The standard InChI is InChI=1S/C14H17BrN2O4S/c1-4-17(8-9(2)7-16)22(20,21)11-5-12(14(18)19)10(3)13(15)6-11/h5-6,9H,4,8H2,1-3H3,(H,18,19). The highest BCUT2D eigenvalue weighted by Crippen LogP contribution is 2.27. The Morgan fingerprint density at radius 3 is 2.55 bits per heavy atom. The molecule has 0 bridgehead atoms. The zero-order valence-electron chi connectivity index (χ0n) is 12.5. The second-order valence-corrected chi connectivity index (χ2v) is 7.66. The fourth-order valence-corrected chi connectivity index (χ4v) is 4.12. The van der Waals surface area contributed by atoms with Crippen LogP contribution in [-0.4, -0.2) is 36.9 Å². The number of halogens is 1. The Hall–Kier alpha value is -1.43. The third-order valence-corrected chi connectivity index (χ3v) is 5.98. The van der Waals surface area contributed by atoms with Gasteiger partial charge in [0.25, 0.3) is 0 Å². The minimum absolute atomic E-state index is 0.0588. The predicted molar refractivity (Wildman–Crippen MR) is 85.0 cm³/mol. The van der Waals surface area contributed by atoms with Crippen molar-refractivity contribution in [1.82, 2.24) is 4.31 Å². The highest BCUT2D eigenvalue weighted by atomic mass is 79.9. The number of hydrogen-bond acceptors (Lipinski definition) is 4. The molecule has 1 N–H and O–H groups in total. The lowest BCUT2D eigenvalue weighted by Gasteiger charge is -2.22. The Morgan fingerprint density at radius 2 is 2.09 bits per heavy atom. The summed E-state index contributed by atoms with van der Waals surface area (Å²) in [5.74, 6) is -1.65. The summed E-state index contributed by atoms with van der Waals surface area (Å²) < 4.78 is 26.9. The van der Waals surface area contributed by atoms with E-state index in [1.807, 2.05) is 6.07 Å². The molecule has 22 heavy (non-hydrogen) atoms. The van der Waals surface area contributed by atoms with Crippen molar-refractivity contribution >= 4 is 31.9 Å². The fraction of sp³-hybridized carbons (Fsp3) is 0.429. The van der Waals surface area contributed by atoms with E-state index in [0.29, 0.717) is 10.0 Å². The molecule has 1 unspecified atom stereocenters. The van der Waals surface area contributed by atoms with E-state index in [1.165, 1.54) is 10.4 Å². The second-order valence-electron chi connectivity index (χ2n) is 4.87. The zero-order valence-corrected chi connectivity index (χ0v) is 14.9. The lowest BCUT2D eigenvalue weighted by atomic mass is 10.1. The maximum Gasteiger partial charge on any atom is 0.336 e. The van der Waals surface area contributed by atoms with Crippen LogP contribution >= 0.6 is 15.9 Å². The van der Waals surface area contributed by atoms with Gasteiger partial charge in [0.1, 0.15) is 0 Å². The Morgan fingerprint density at radius 1 is 1.50 bits per heavy atom. The van der Waals surface area contributed by atoms with Crippen LogP contribution < -0.4 is 0 Å². The smallest absolute Gasteiger partial charge is 0.336 e. The minimum Gasteiger partial charge on any atom is -0.478 e. The van der Waals surface area contributed by atoms with Gasteiger partial charge in [-0.05, 0) is 31.5 Å². The Balaban J connectivity index is 3.39. The molecule has 1 rings (SSSR count). The van der Waals surface area contributed by atoms with Gasteiger partial charge in [0, 0.05) is 17.6 Å². The molecule has 8 heteroatoms. The van der Waals surface area contributed by atoms with E-state index in [1.54, 1.807) is 20.8 Å². The van der Waals surface area contributed by atoms with Gasteiger partial charge in [-0.15, -0.1) is 0 Å². The molecule has 0 saturated carbocycles. The first-order chi connectivity index (χ1) is 10.1. The number of carboxylic acid groups (broad SMARTS) is 1. The number of carboxylic acids is 1. The molecule has 1 aromatic rings. The van der Waals surface area contributed by atoms with Crippen molar-refractivity contribution in [2.45, 2.75) is 25.7 Å². The largest absolute Gasteiger partial charge is 0.478 e. The van der Waals surface area contributed by atoms with E-state index < -0.39 is 21.9 Å². The molecule has 0 spiro atoms. The zero-order chi connectivity index (χ0) is 17.1. The molecule has 120 valence electrons. The maximum atomic E-state index is 12.7. The lowest BCUT2D eigenvalue weighted by molar-refractivity contribution is 0.0695. The van der Waals surface area contributed by atoms with E-state index in [0.717, 1.165) is 6.07 Å². The van der Waals surface area contributed by atoms with Gasteiger partial charge in [0.2, 0.25) is 10.0 Å². The summed E-state index contributed by atoms with van der Waals surface area (Å²) in [6.45, 7) is 5.15. The molecular formula is C14H17BrN2O4S. The third-order valence-electron chi connectivity index (χ3n) is 3.24. The van der Waals surface area contributed by atoms with Gasteiger partial charge in [-0.1, -0.05) is 22.9 Å². The van der Waals surface area contributed by atoms with Gasteiger partial charge in [-0.25, -0.2) is 13.2 Å². The van der Waals surface area contributed by atoms with Crippen LogP contribution in [0.2, 0.25) is 0 Å². The van der Waals surface area contributed by atoms with Gasteiger partial charge < -0.3 is 5.11 Å². The number of sulfonamides is 1. The summed E-state index contributed by atoms with van der Waals surface area (Å²) in [6.07, 6.45) is 0. The highest BCUT2D eigenvalue weighted by molar-refractivity contribution is 9.10. The Bertz CT molecular complexity index is 725. The number of hydrogen-bond donors (Lipinski definition) is 1. The van der Waals surface area contributed by atoms with Gasteiger partial charge in [0.15, 0.2) is 0 Å². The number of carbonyl (C=O) groups is 1. The van der Waals surface area contributed by atoms with Crippen LogP contribution in [0, 0.1) is 24.2 Å². The molecular weight excluding hydrogens is 372 g/mol. The molecule has 0 fully saturated rings. The van der Waals surface area contributed by atoms with Crippen molar-refractivity contribution < 1.29 is 18.3 Å². The van der Waals surface area contributed by atoms with Crippen molar-refractivity contribution in [3.05, 3.63) is 27.7 Å². The van der Waals surface area contributed by atoms with Crippen LogP contribution in [0.15, 0.2) is 21.5 Å². The quantitative estimate of drug-likeness (QED) is 0.807. The highest BCUT2D eigenvalue weighted by Gasteiger charge is 2.27. The van der Waals surface area contributed by atoms with Gasteiger partial charge in [0.05, 0.1) is 22.4 Å². The second kappa shape index (κ2) is 7.22. The van der Waals surface area contributed by atoms with E-state index in [9.17, 15) is 18.3 Å². The maximum absolute atomic E-state index is 12.7. The average molecular weight is 389 g/mol. The van der Waals surface area contributed by atoms with Crippen molar-refractivity contribution in [3.8, 4) is 6.07 Å². The Kier molecular flexibility index (Phi) is 6.11. The number of nitrogens with zero attached hydrogens (tertiary/aromatic N) is 2. The number of benzene rings is 1. The van der Waals surface area contributed by atoms with Crippen LogP contribution in [0.25, 0.3) is 0 Å². The molecule has 0 aliphatic carbocycles. The number of nitriles is 1. The fourth-order valence-electron chi connectivity index (χ4n) is 1.92. The summed E-state index contributed by atoms with van der Waals surface area (Å²) >= 11 is 3.19. The normalized spacial score (nSPS) is 12.9. The third kappa shape index (κ3) is 3.85. The summed E-state index contributed by atoms with van der Waals surface area (Å²) in [5, 5.41) is 18.0. The van der Waals surface area contributed by atoms with Crippen LogP contribution in [0.3, 0.4) is 0 Å². The summed E-state index contributed by atoms with van der Waals surface area (Å²) in [4.78, 5) is 11.1. The van der Waals surface area contributed by atoms with E-state index in [4.69, 9.17) is 5.26 Å². The van der Waals surface area contributed by atoms with Gasteiger partial charge in [-0.2, -0.15) is 9.57 Å². The molecule has 0 saturated heterocycles. The molecule has 0 aromatic heterocycles. The first-order valence-corrected chi connectivity index (χ1v) is 8.81. The molecule has 1 atom stereocenters.